The van der Waals surface area contributed by atoms with E-state index in [2.05, 4.69) is 19.2 Å². The topological polar surface area (TPSA) is 52.9 Å². The molecule has 0 aromatic heterocycles. The number of hydrogen-bond donors (Lipinski definition) is 1. The molecule has 3 heteroatoms. The van der Waals surface area contributed by atoms with E-state index in [1.807, 2.05) is 30.3 Å². The molecular formula is C13H16N2O. The van der Waals surface area contributed by atoms with Gasteiger partial charge in [-0.25, -0.2) is 0 Å². The van der Waals surface area contributed by atoms with Crippen LogP contribution in [-0.4, -0.2) is 5.91 Å². The lowest BCUT2D eigenvalue weighted by Crippen LogP contribution is -2.18. The molecule has 0 fully saturated rings. The van der Waals surface area contributed by atoms with Gasteiger partial charge in [0.25, 0.3) is 0 Å². The Hall–Kier alpha value is -1.82. The van der Waals surface area contributed by atoms with Crippen LogP contribution in [0.25, 0.3) is 0 Å². The second-order valence-corrected chi connectivity index (χ2v) is 4.12. The minimum atomic E-state index is -0.621. The van der Waals surface area contributed by atoms with E-state index in [9.17, 15) is 4.79 Å². The maximum atomic E-state index is 11.4. The van der Waals surface area contributed by atoms with Gasteiger partial charge in [-0.15, -0.1) is 0 Å². The van der Waals surface area contributed by atoms with Gasteiger partial charge in [0.15, 0.2) is 0 Å². The summed E-state index contributed by atoms with van der Waals surface area (Å²) in [4.78, 5) is 11.4. The molecule has 3 nitrogen and oxygen atoms in total. The molecule has 1 atom stereocenters. The molecule has 0 aliphatic heterocycles. The van der Waals surface area contributed by atoms with Crippen LogP contribution in [0.3, 0.4) is 0 Å². The molecule has 0 bridgehead atoms. The summed E-state index contributed by atoms with van der Waals surface area (Å²) in [5, 5.41) is 11.3. The first kappa shape index (κ1) is 12.3. The Labute approximate surface area is 96.1 Å². The molecule has 0 radical (unpaired) electrons. The van der Waals surface area contributed by atoms with Gasteiger partial charge in [-0.2, -0.15) is 5.26 Å². The summed E-state index contributed by atoms with van der Waals surface area (Å²) >= 11 is 0. The third-order valence-electron chi connectivity index (χ3n) is 2.43. The largest absolute Gasteiger partial charge is 0.325 e. The number of anilines is 1. The van der Waals surface area contributed by atoms with Crippen molar-refractivity contribution in [1.82, 2.24) is 0 Å². The normalized spacial score (nSPS) is 11.9. The van der Waals surface area contributed by atoms with Crippen molar-refractivity contribution in [2.45, 2.75) is 26.7 Å². The van der Waals surface area contributed by atoms with Crippen LogP contribution < -0.4 is 5.32 Å². The molecule has 0 heterocycles. The van der Waals surface area contributed by atoms with E-state index in [-0.39, 0.29) is 5.91 Å². The molecule has 16 heavy (non-hydrogen) atoms. The van der Waals surface area contributed by atoms with Gasteiger partial charge in [0.05, 0.1) is 6.07 Å². The average Bonchev–Trinajstić information content (AvgIpc) is 2.28. The fourth-order valence-corrected chi connectivity index (χ4v) is 1.26. The molecule has 1 unspecified atom stereocenters. The number of nitrogens with one attached hydrogen (secondary N) is 1. The van der Waals surface area contributed by atoms with E-state index < -0.39 is 5.92 Å². The second-order valence-electron chi connectivity index (χ2n) is 4.12. The fourth-order valence-electron chi connectivity index (χ4n) is 1.26. The lowest BCUT2D eigenvalue weighted by molar-refractivity contribution is -0.117. The van der Waals surface area contributed by atoms with Crippen LogP contribution >= 0.6 is 0 Å². The van der Waals surface area contributed by atoms with Crippen LogP contribution in [-0.2, 0) is 4.79 Å². The van der Waals surface area contributed by atoms with E-state index in [1.165, 1.54) is 5.56 Å². The van der Waals surface area contributed by atoms with Crippen LogP contribution in [0.1, 0.15) is 32.3 Å². The Morgan fingerprint density at radius 1 is 1.25 bits per heavy atom. The van der Waals surface area contributed by atoms with Gasteiger partial charge in [-0.1, -0.05) is 26.0 Å². The Balaban J connectivity index is 2.70. The summed E-state index contributed by atoms with van der Waals surface area (Å²) in [6, 6.07) is 9.59. The highest BCUT2D eigenvalue weighted by Crippen LogP contribution is 2.17. The van der Waals surface area contributed by atoms with Crippen LogP contribution in [0.4, 0.5) is 5.69 Å². The highest BCUT2D eigenvalue weighted by molar-refractivity contribution is 5.93. The first-order chi connectivity index (χ1) is 7.54. The molecule has 0 saturated heterocycles. The third kappa shape index (κ3) is 3.09. The molecule has 1 amide bonds. The predicted octanol–water partition coefficient (Wildman–Crippen LogP) is 2.91. The molecule has 0 aliphatic rings. The number of hydrogen-bond acceptors (Lipinski definition) is 2. The van der Waals surface area contributed by atoms with Crippen LogP contribution in [0, 0.1) is 17.2 Å². The van der Waals surface area contributed by atoms with Gasteiger partial charge < -0.3 is 5.32 Å². The molecular weight excluding hydrogens is 200 g/mol. The molecule has 1 aromatic carbocycles. The molecule has 1 N–H and O–H groups in total. The molecule has 0 aliphatic carbocycles. The summed E-state index contributed by atoms with van der Waals surface area (Å²) in [5.74, 6) is -0.410. The minimum absolute atomic E-state index is 0.264. The highest BCUT2D eigenvalue weighted by Gasteiger charge is 2.11. The van der Waals surface area contributed by atoms with E-state index >= 15 is 0 Å². The molecule has 1 aromatic rings. The van der Waals surface area contributed by atoms with Crippen molar-refractivity contribution in [3.63, 3.8) is 0 Å². The Kier molecular flexibility index (Phi) is 4.07. The molecule has 1 rings (SSSR count). The average molecular weight is 216 g/mol. The summed E-state index contributed by atoms with van der Waals surface area (Å²) in [6.07, 6.45) is 0. The SMILES string of the molecule is CC(C#N)C(=O)Nc1ccc(C(C)C)cc1. The zero-order valence-corrected chi connectivity index (χ0v) is 9.82. The van der Waals surface area contributed by atoms with Crippen molar-refractivity contribution in [3.05, 3.63) is 29.8 Å². The van der Waals surface area contributed by atoms with Crippen LogP contribution in [0.2, 0.25) is 0 Å². The standard InChI is InChI=1S/C13H16N2O/c1-9(2)11-4-6-12(7-5-11)15-13(16)10(3)8-14/h4-7,9-10H,1-3H3,(H,15,16). The van der Waals surface area contributed by atoms with Crippen molar-refractivity contribution in [2.24, 2.45) is 5.92 Å². The van der Waals surface area contributed by atoms with Gasteiger partial charge in [-0.3, -0.25) is 4.79 Å². The number of nitrogens with zero attached hydrogens (tertiary/aromatic N) is 1. The lowest BCUT2D eigenvalue weighted by atomic mass is 10.0. The number of rotatable bonds is 3. The van der Waals surface area contributed by atoms with Crippen molar-refractivity contribution in [3.8, 4) is 6.07 Å². The number of carbonyl (C=O) groups is 1. The maximum Gasteiger partial charge on any atom is 0.241 e. The zero-order valence-electron chi connectivity index (χ0n) is 9.82. The van der Waals surface area contributed by atoms with Gasteiger partial charge in [-0.05, 0) is 30.5 Å². The van der Waals surface area contributed by atoms with Gasteiger partial charge in [0.2, 0.25) is 5.91 Å². The van der Waals surface area contributed by atoms with Gasteiger partial charge in [0.1, 0.15) is 5.92 Å². The summed E-state index contributed by atoms with van der Waals surface area (Å²) in [6.45, 7) is 5.81. The first-order valence-electron chi connectivity index (χ1n) is 5.35. The maximum absolute atomic E-state index is 11.4. The molecule has 0 saturated carbocycles. The van der Waals surface area contributed by atoms with E-state index in [0.717, 1.165) is 5.69 Å². The van der Waals surface area contributed by atoms with Gasteiger partial charge in [0, 0.05) is 5.69 Å². The zero-order chi connectivity index (χ0) is 12.1. The molecule has 84 valence electrons. The van der Waals surface area contributed by atoms with Crippen LogP contribution in [0.5, 0.6) is 0 Å². The third-order valence-corrected chi connectivity index (χ3v) is 2.43. The second kappa shape index (κ2) is 5.32. The molecule has 0 spiro atoms. The lowest BCUT2D eigenvalue weighted by Gasteiger charge is -2.08. The monoisotopic (exact) mass is 216 g/mol. The smallest absolute Gasteiger partial charge is 0.241 e. The highest BCUT2D eigenvalue weighted by atomic mass is 16.1. The minimum Gasteiger partial charge on any atom is -0.325 e. The Bertz CT molecular complexity index is 401. The summed E-state index contributed by atoms with van der Waals surface area (Å²) in [5.41, 5.74) is 1.96. The Morgan fingerprint density at radius 2 is 1.81 bits per heavy atom. The predicted molar refractivity (Wildman–Crippen MR) is 63.9 cm³/mol. The number of benzene rings is 1. The number of carbonyl (C=O) groups excluding carboxylic acids is 1. The van der Waals surface area contributed by atoms with Crippen molar-refractivity contribution < 1.29 is 4.79 Å². The summed E-state index contributed by atoms with van der Waals surface area (Å²) < 4.78 is 0. The fraction of sp³-hybridized carbons (Fsp3) is 0.385. The first-order valence-corrected chi connectivity index (χ1v) is 5.35. The summed E-state index contributed by atoms with van der Waals surface area (Å²) in [7, 11) is 0. The van der Waals surface area contributed by atoms with Crippen molar-refractivity contribution >= 4 is 11.6 Å². The van der Waals surface area contributed by atoms with E-state index in [4.69, 9.17) is 5.26 Å². The van der Waals surface area contributed by atoms with E-state index in [1.54, 1.807) is 6.92 Å². The van der Waals surface area contributed by atoms with Crippen molar-refractivity contribution in [2.75, 3.05) is 5.32 Å². The quantitative estimate of drug-likeness (QED) is 0.844. The Morgan fingerprint density at radius 3 is 2.25 bits per heavy atom. The van der Waals surface area contributed by atoms with E-state index in [0.29, 0.717) is 5.92 Å². The van der Waals surface area contributed by atoms with Crippen molar-refractivity contribution in [1.29, 1.82) is 5.26 Å². The number of amides is 1. The van der Waals surface area contributed by atoms with Gasteiger partial charge >= 0.3 is 0 Å². The number of nitriles is 1. The van der Waals surface area contributed by atoms with Crippen LogP contribution in [0.15, 0.2) is 24.3 Å².